The third-order valence-electron chi connectivity index (χ3n) is 4.17. The molecule has 1 fully saturated rings. The summed E-state index contributed by atoms with van der Waals surface area (Å²) < 4.78 is 9.39. The lowest BCUT2D eigenvalue weighted by atomic mass is 10.0. The fourth-order valence-electron chi connectivity index (χ4n) is 2.94. The summed E-state index contributed by atoms with van der Waals surface area (Å²) in [5.41, 5.74) is 1.07. The molecule has 1 aliphatic rings. The van der Waals surface area contributed by atoms with E-state index in [1.165, 1.54) is 10.9 Å². The van der Waals surface area contributed by atoms with Crippen molar-refractivity contribution >= 4 is 17.5 Å². The van der Waals surface area contributed by atoms with Gasteiger partial charge in [0.1, 0.15) is 6.54 Å². The maximum absolute atomic E-state index is 12.1. The quantitative estimate of drug-likeness (QED) is 0.846. The Kier molecular flexibility index (Phi) is 5.17. The number of carbonyl (C=O) groups is 1. The number of amides is 1. The number of morpholine rings is 1. The van der Waals surface area contributed by atoms with Crippen LogP contribution in [0.1, 0.15) is 11.7 Å². The van der Waals surface area contributed by atoms with Crippen LogP contribution >= 0.6 is 11.6 Å². The second-order valence-corrected chi connectivity index (χ2v) is 6.36. The van der Waals surface area contributed by atoms with E-state index in [4.69, 9.17) is 16.3 Å². The number of aryl methyl sites for hydroxylation is 1. The minimum absolute atomic E-state index is 0.0469. The summed E-state index contributed by atoms with van der Waals surface area (Å²) in [4.78, 5) is 18.5. The Morgan fingerprint density at radius 3 is 2.96 bits per heavy atom. The fourth-order valence-corrected chi connectivity index (χ4v) is 3.10. The van der Waals surface area contributed by atoms with Crippen molar-refractivity contribution in [2.75, 3.05) is 26.7 Å². The van der Waals surface area contributed by atoms with Crippen LogP contribution in [0.2, 0.25) is 5.02 Å². The molecular weight excluding hydrogens is 332 g/mol. The van der Waals surface area contributed by atoms with Crippen LogP contribution in [-0.2, 0) is 23.1 Å². The smallest absolute Gasteiger partial charge is 0.241 e. The molecule has 0 bridgehead atoms. The topological polar surface area (TPSA) is 77.2 Å². The van der Waals surface area contributed by atoms with Gasteiger partial charge >= 0.3 is 0 Å². The van der Waals surface area contributed by atoms with Crippen LogP contribution in [0.5, 0.6) is 0 Å². The zero-order chi connectivity index (χ0) is 17.1. The lowest BCUT2D eigenvalue weighted by molar-refractivity contribution is -0.124. The zero-order valence-electron chi connectivity index (χ0n) is 13.7. The molecule has 3 heterocycles. The van der Waals surface area contributed by atoms with Crippen molar-refractivity contribution in [2.24, 2.45) is 7.05 Å². The Bertz CT molecular complexity index is 700. The monoisotopic (exact) mass is 352 g/mol. The molecule has 0 saturated carbocycles. The van der Waals surface area contributed by atoms with Crippen LogP contribution in [0, 0.1) is 0 Å². The minimum Gasteiger partial charge on any atom is -0.373 e. The predicted molar refractivity (Wildman–Crippen MR) is 88.6 cm³/mol. The van der Waals surface area contributed by atoms with E-state index in [0.29, 0.717) is 18.2 Å². The first-order valence-electron chi connectivity index (χ1n) is 7.77. The lowest BCUT2D eigenvalue weighted by Gasteiger charge is -2.39. The molecular formula is C15H21ClN6O2. The van der Waals surface area contributed by atoms with E-state index in [-0.39, 0.29) is 24.6 Å². The third kappa shape index (κ3) is 3.77. The van der Waals surface area contributed by atoms with E-state index in [1.54, 1.807) is 12.5 Å². The van der Waals surface area contributed by atoms with Crippen molar-refractivity contribution in [1.82, 2.24) is 29.5 Å². The highest BCUT2D eigenvalue weighted by atomic mass is 35.5. The Morgan fingerprint density at radius 1 is 1.46 bits per heavy atom. The van der Waals surface area contributed by atoms with Gasteiger partial charge in [0.15, 0.2) is 0 Å². The summed E-state index contributed by atoms with van der Waals surface area (Å²) in [6.45, 7) is 2.03. The molecule has 0 radical (unpaired) electrons. The Balaban J connectivity index is 1.62. The first-order valence-corrected chi connectivity index (χ1v) is 8.15. The highest BCUT2D eigenvalue weighted by Gasteiger charge is 2.33. The van der Waals surface area contributed by atoms with E-state index in [2.05, 4.69) is 27.3 Å². The normalized spacial score (nSPS) is 21.8. The molecule has 8 nitrogen and oxygen atoms in total. The Morgan fingerprint density at radius 2 is 2.29 bits per heavy atom. The number of carbonyl (C=O) groups excluding carboxylic acids is 1. The molecule has 0 unspecified atom stereocenters. The molecule has 0 aliphatic carbocycles. The number of imidazole rings is 1. The van der Waals surface area contributed by atoms with Crippen molar-refractivity contribution in [2.45, 2.75) is 18.7 Å². The van der Waals surface area contributed by atoms with E-state index >= 15 is 0 Å². The lowest BCUT2D eigenvalue weighted by Crippen LogP contribution is -2.49. The summed E-state index contributed by atoms with van der Waals surface area (Å²) in [5, 5.41) is 7.43. The zero-order valence-corrected chi connectivity index (χ0v) is 14.5. The van der Waals surface area contributed by atoms with E-state index in [1.807, 2.05) is 17.8 Å². The fraction of sp³-hybridized carbons (Fsp3) is 0.533. The van der Waals surface area contributed by atoms with Gasteiger partial charge < -0.3 is 14.6 Å². The molecule has 24 heavy (non-hydrogen) atoms. The van der Waals surface area contributed by atoms with Gasteiger partial charge in [0.2, 0.25) is 5.91 Å². The van der Waals surface area contributed by atoms with Crippen LogP contribution in [0.3, 0.4) is 0 Å². The summed E-state index contributed by atoms with van der Waals surface area (Å²) >= 11 is 5.80. The van der Waals surface area contributed by atoms with Crippen molar-refractivity contribution in [3.05, 3.63) is 35.6 Å². The van der Waals surface area contributed by atoms with Gasteiger partial charge in [0.05, 0.1) is 42.0 Å². The Hall–Kier alpha value is -1.90. The molecule has 0 spiro atoms. The number of rotatable bonds is 5. The standard InChI is InChI=1S/C15H21ClN6O2/c1-20-3-4-24-13(15(20)12-6-17-10-21(12)2)7-18-14(23)9-22-8-11(16)5-19-22/h5-6,8,10,13,15H,3-4,7,9H2,1-2H3,(H,18,23)/t13-,15-/m0/s1. The highest BCUT2D eigenvalue weighted by molar-refractivity contribution is 6.30. The molecule has 2 aromatic rings. The molecule has 1 N–H and O–H groups in total. The molecule has 1 aliphatic heterocycles. The van der Waals surface area contributed by atoms with E-state index < -0.39 is 0 Å². The molecule has 2 aromatic heterocycles. The van der Waals surface area contributed by atoms with Gasteiger partial charge in [-0.1, -0.05) is 11.6 Å². The van der Waals surface area contributed by atoms with Gasteiger partial charge in [-0.15, -0.1) is 0 Å². The molecule has 3 rings (SSSR count). The number of ether oxygens (including phenoxy) is 1. The van der Waals surface area contributed by atoms with Crippen molar-refractivity contribution in [3.63, 3.8) is 0 Å². The number of nitrogens with zero attached hydrogens (tertiary/aromatic N) is 5. The van der Waals surface area contributed by atoms with Gasteiger partial charge in [-0.2, -0.15) is 5.10 Å². The molecule has 1 saturated heterocycles. The first-order chi connectivity index (χ1) is 11.5. The molecule has 1 amide bonds. The van der Waals surface area contributed by atoms with E-state index in [0.717, 1.165) is 12.2 Å². The van der Waals surface area contributed by atoms with Crippen LogP contribution in [-0.4, -0.2) is 63.0 Å². The molecule has 2 atom stereocenters. The minimum atomic E-state index is -0.135. The summed E-state index contributed by atoms with van der Waals surface area (Å²) in [6.07, 6.45) is 6.60. The number of hydrogen-bond donors (Lipinski definition) is 1. The van der Waals surface area contributed by atoms with Crippen LogP contribution in [0.4, 0.5) is 0 Å². The number of halogens is 1. The molecule has 0 aromatic carbocycles. The summed E-state index contributed by atoms with van der Waals surface area (Å²) in [5.74, 6) is -0.129. The first kappa shape index (κ1) is 16.9. The second-order valence-electron chi connectivity index (χ2n) is 5.92. The largest absolute Gasteiger partial charge is 0.373 e. The molecule has 130 valence electrons. The van der Waals surface area contributed by atoms with Gasteiger partial charge in [0, 0.05) is 32.5 Å². The van der Waals surface area contributed by atoms with Gasteiger partial charge in [-0.05, 0) is 7.05 Å². The number of aromatic nitrogens is 4. The molecule has 9 heteroatoms. The number of likely N-dealkylation sites (N-methyl/N-ethyl adjacent to an activating group) is 1. The van der Waals surface area contributed by atoms with Gasteiger partial charge in [0.25, 0.3) is 0 Å². The second kappa shape index (κ2) is 7.33. The number of hydrogen-bond acceptors (Lipinski definition) is 5. The summed E-state index contributed by atoms with van der Waals surface area (Å²) in [6, 6.07) is 0.0469. The SMILES string of the molecule is CN1CCO[C@@H](CNC(=O)Cn2cc(Cl)cn2)[C@@H]1c1cncn1C. The van der Waals surface area contributed by atoms with Crippen molar-refractivity contribution in [1.29, 1.82) is 0 Å². The van der Waals surface area contributed by atoms with Crippen molar-refractivity contribution in [3.8, 4) is 0 Å². The van der Waals surface area contributed by atoms with Crippen LogP contribution in [0.15, 0.2) is 24.9 Å². The van der Waals surface area contributed by atoms with Crippen molar-refractivity contribution < 1.29 is 9.53 Å². The maximum atomic E-state index is 12.1. The average molecular weight is 353 g/mol. The number of nitrogens with one attached hydrogen (secondary N) is 1. The van der Waals surface area contributed by atoms with Gasteiger partial charge in [-0.25, -0.2) is 4.98 Å². The van der Waals surface area contributed by atoms with Gasteiger partial charge in [-0.3, -0.25) is 14.4 Å². The maximum Gasteiger partial charge on any atom is 0.241 e. The van der Waals surface area contributed by atoms with Crippen LogP contribution in [0.25, 0.3) is 0 Å². The van der Waals surface area contributed by atoms with E-state index in [9.17, 15) is 4.79 Å². The highest BCUT2D eigenvalue weighted by Crippen LogP contribution is 2.27. The summed E-state index contributed by atoms with van der Waals surface area (Å²) in [7, 11) is 4.02. The predicted octanol–water partition coefficient (Wildman–Crippen LogP) is 0.458. The van der Waals surface area contributed by atoms with Crippen LogP contribution < -0.4 is 5.32 Å². The Labute approximate surface area is 145 Å². The third-order valence-corrected chi connectivity index (χ3v) is 4.36. The average Bonchev–Trinajstić information content (AvgIpc) is 3.14.